The van der Waals surface area contributed by atoms with Crippen LogP contribution in [0.1, 0.15) is 0 Å². The van der Waals surface area contributed by atoms with E-state index in [0.29, 0.717) is 5.57 Å². The lowest BCUT2D eigenvalue weighted by Gasteiger charge is -2.11. The van der Waals surface area contributed by atoms with Crippen molar-refractivity contribution < 1.29 is 9.05 Å². The van der Waals surface area contributed by atoms with Crippen molar-refractivity contribution in [1.82, 2.24) is 0 Å². The van der Waals surface area contributed by atoms with Gasteiger partial charge in [-0.15, -0.1) is 0 Å². The summed E-state index contributed by atoms with van der Waals surface area (Å²) < 4.78 is 9.51. The first-order valence-electron chi connectivity index (χ1n) is 2.28. The molecule has 0 aromatic heterocycles. The van der Waals surface area contributed by atoms with Crippen molar-refractivity contribution in [3.8, 4) is 0 Å². The van der Waals surface area contributed by atoms with Gasteiger partial charge < -0.3 is 9.05 Å². The zero-order chi connectivity index (χ0) is 7.28. The Bertz CT molecular complexity index is 110. The average molecular weight is 164 g/mol. The summed E-state index contributed by atoms with van der Waals surface area (Å²) in [7, 11) is 4.18. The Morgan fingerprint density at radius 1 is 1.44 bits per heavy atom. The zero-order valence-corrected chi connectivity index (χ0v) is 7.35. The predicted octanol–water partition coefficient (Wildman–Crippen LogP) is 1.67. The third kappa shape index (κ3) is 3.07. The molecule has 0 saturated heterocycles. The topological polar surface area (TPSA) is 18.5 Å². The third-order valence-electron chi connectivity index (χ3n) is 0.812. The molecule has 0 rings (SSSR count). The lowest BCUT2D eigenvalue weighted by atomic mass is 10.3. The van der Waals surface area contributed by atoms with Crippen molar-refractivity contribution >= 4 is 18.9 Å². The molecule has 0 heterocycles. The molecule has 0 aliphatic rings. The molecule has 2 atom stereocenters. The van der Waals surface area contributed by atoms with E-state index in [2.05, 4.69) is 32.1 Å². The summed E-state index contributed by atoms with van der Waals surface area (Å²) in [4.78, 5) is 0. The highest BCUT2D eigenvalue weighted by Crippen LogP contribution is 2.12. The van der Waals surface area contributed by atoms with E-state index in [1.807, 2.05) is 0 Å². The van der Waals surface area contributed by atoms with Crippen LogP contribution in [0.3, 0.4) is 0 Å². The molecule has 9 heavy (non-hydrogen) atoms. The summed E-state index contributed by atoms with van der Waals surface area (Å²) in [5.74, 6) is 0. The average Bonchev–Trinajstić information content (AvgIpc) is 1.90. The minimum Gasteiger partial charge on any atom is -0.332 e. The second-order valence-electron chi connectivity index (χ2n) is 1.38. The monoisotopic (exact) mass is 164 g/mol. The van der Waals surface area contributed by atoms with E-state index in [1.54, 1.807) is 6.08 Å². The highest BCUT2D eigenvalue weighted by Gasteiger charge is 2.04. The van der Waals surface area contributed by atoms with Gasteiger partial charge in [0, 0.05) is 24.5 Å². The van der Waals surface area contributed by atoms with Crippen molar-refractivity contribution in [2.75, 3.05) is 0 Å². The quantitative estimate of drug-likeness (QED) is 0.357. The Labute approximate surface area is 59.9 Å². The molecule has 0 spiro atoms. The van der Waals surface area contributed by atoms with Crippen LogP contribution in [0.25, 0.3) is 0 Å². The number of hydrogen-bond acceptors (Lipinski definition) is 2. The van der Waals surface area contributed by atoms with Crippen LogP contribution < -0.4 is 0 Å². The largest absolute Gasteiger partial charge is 0.332 e. The maximum Gasteiger partial charge on any atom is 0.189 e. The van der Waals surface area contributed by atoms with Gasteiger partial charge >= 0.3 is 0 Å². The van der Waals surface area contributed by atoms with E-state index in [4.69, 9.17) is 9.05 Å². The molecule has 0 aromatic carbocycles. The first kappa shape index (κ1) is 9.26. The van der Waals surface area contributed by atoms with Gasteiger partial charge in [-0.2, -0.15) is 0 Å². The number of rotatable bonds is 4. The molecule has 2 nitrogen and oxygen atoms in total. The Hall–Kier alpha value is 0.260. The molecular weight excluding hydrogens is 154 g/mol. The van der Waals surface area contributed by atoms with Crippen LogP contribution in [0.15, 0.2) is 24.8 Å². The highest BCUT2D eigenvalue weighted by molar-refractivity contribution is 7.10. The van der Waals surface area contributed by atoms with Crippen LogP contribution in [0.4, 0.5) is 0 Å². The molecule has 0 fully saturated rings. The minimum atomic E-state index is -0.419. The fourth-order valence-corrected chi connectivity index (χ4v) is 0.909. The van der Waals surface area contributed by atoms with Crippen LogP contribution in [0, 0.1) is 0 Å². The summed E-state index contributed by atoms with van der Waals surface area (Å²) in [5, 5.41) is 0. The normalized spacial score (nSPS) is 9.67. The summed E-state index contributed by atoms with van der Waals surface area (Å²) in [6.07, 6.45) is 1.16. The van der Waals surface area contributed by atoms with Gasteiger partial charge in [0.25, 0.3) is 0 Å². The molecular formula is C5H10O2P2. The number of hydrogen-bond donors (Lipinski definition) is 0. The van der Waals surface area contributed by atoms with Gasteiger partial charge in [0.1, 0.15) is 0 Å². The molecule has 4 heteroatoms. The summed E-state index contributed by atoms with van der Waals surface area (Å²) in [5.41, 5.74) is 0.694. The molecule has 0 aliphatic carbocycles. The van der Waals surface area contributed by atoms with Crippen LogP contribution >= 0.6 is 18.9 Å². The third-order valence-corrected chi connectivity index (χ3v) is 1.31. The van der Waals surface area contributed by atoms with Crippen LogP contribution in [-0.4, -0.2) is 6.29 Å². The van der Waals surface area contributed by atoms with Crippen molar-refractivity contribution in [3.63, 3.8) is 0 Å². The van der Waals surface area contributed by atoms with Crippen LogP contribution in [0.5, 0.6) is 0 Å². The first-order chi connectivity index (χ1) is 4.26. The molecule has 52 valence electrons. The van der Waals surface area contributed by atoms with E-state index in [-0.39, 0.29) is 0 Å². The van der Waals surface area contributed by atoms with Gasteiger partial charge in [-0.05, 0) is 0 Å². The van der Waals surface area contributed by atoms with Crippen LogP contribution in [-0.2, 0) is 9.05 Å². The fourth-order valence-electron chi connectivity index (χ4n) is 0.303. The molecule has 0 aromatic rings. The van der Waals surface area contributed by atoms with E-state index < -0.39 is 6.29 Å². The summed E-state index contributed by atoms with van der Waals surface area (Å²) in [6, 6.07) is 0. The molecule has 0 bridgehead atoms. The van der Waals surface area contributed by atoms with E-state index in [9.17, 15) is 0 Å². The molecule has 0 N–H and O–H groups in total. The Morgan fingerprint density at radius 3 is 2.00 bits per heavy atom. The van der Waals surface area contributed by atoms with E-state index in [0.717, 1.165) is 0 Å². The standard InChI is InChI=1S/C5H10O2P2/c1-3-4(2)5(6-8)7-9/h3,5H,1-2,8-9H2. The van der Waals surface area contributed by atoms with Gasteiger partial charge in [0.15, 0.2) is 6.29 Å². The Balaban J connectivity index is 3.78. The lowest BCUT2D eigenvalue weighted by Crippen LogP contribution is -2.07. The Morgan fingerprint density at radius 2 is 1.89 bits per heavy atom. The van der Waals surface area contributed by atoms with Crippen molar-refractivity contribution in [3.05, 3.63) is 24.8 Å². The molecule has 0 amide bonds. The highest BCUT2D eigenvalue weighted by atomic mass is 31.0. The molecule has 0 aliphatic heterocycles. The van der Waals surface area contributed by atoms with E-state index in [1.165, 1.54) is 0 Å². The predicted molar refractivity (Wildman–Crippen MR) is 44.7 cm³/mol. The lowest BCUT2D eigenvalue weighted by molar-refractivity contribution is 0.0776. The van der Waals surface area contributed by atoms with Crippen molar-refractivity contribution in [2.24, 2.45) is 0 Å². The zero-order valence-electron chi connectivity index (χ0n) is 5.04. The summed E-state index contributed by atoms with van der Waals surface area (Å²) >= 11 is 0. The fraction of sp³-hybridized carbons (Fsp3) is 0.200. The molecule has 0 radical (unpaired) electrons. The first-order valence-corrected chi connectivity index (χ1v) is 3.22. The van der Waals surface area contributed by atoms with Gasteiger partial charge in [0.05, 0.1) is 0 Å². The maximum atomic E-state index is 4.75. The SMILES string of the molecule is C=CC(=C)C(OP)OP. The second-order valence-corrected chi connectivity index (χ2v) is 1.93. The van der Waals surface area contributed by atoms with E-state index >= 15 is 0 Å². The summed E-state index contributed by atoms with van der Waals surface area (Å²) in [6.45, 7) is 7.12. The van der Waals surface area contributed by atoms with Gasteiger partial charge in [-0.3, -0.25) is 0 Å². The van der Waals surface area contributed by atoms with Gasteiger partial charge in [0.2, 0.25) is 0 Å². The smallest absolute Gasteiger partial charge is 0.189 e. The Kier molecular flexibility index (Phi) is 5.22. The minimum absolute atomic E-state index is 0.419. The van der Waals surface area contributed by atoms with Crippen LogP contribution in [0.2, 0.25) is 0 Å². The van der Waals surface area contributed by atoms with Gasteiger partial charge in [-0.25, -0.2) is 0 Å². The van der Waals surface area contributed by atoms with Crippen molar-refractivity contribution in [1.29, 1.82) is 0 Å². The van der Waals surface area contributed by atoms with Crippen molar-refractivity contribution in [2.45, 2.75) is 6.29 Å². The maximum absolute atomic E-state index is 4.75. The second kappa shape index (κ2) is 5.08. The molecule has 2 unspecified atom stereocenters. The van der Waals surface area contributed by atoms with Gasteiger partial charge in [-0.1, -0.05) is 19.2 Å². The molecule has 0 saturated carbocycles.